The van der Waals surface area contributed by atoms with Crippen LogP contribution in [0.4, 0.5) is 0 Å². The average Bonchev–Trinajstić information content (AvgIpc) is 1.86. The molecule has 0 saturated carbocycles. The number of nitrogens with one attached hydrogen (secondary N) is 1. The Balaban J connectivity index is 3.46. The van der Waals surface area contributed by atoms with Gasteiger partial charge in [0.25, 0.3) is 0 Å². The summed E-state index contributed by atoms with van der Waals surface area (Å²) in [6, 6.07) is 0. The fourth-order valence-corrected chi connectivity index (χ4v) is 0.604. The van der Waals surface area contributed by atoms with Crippen LogP contribution < -0.4 is 5.32 Å². The smallest absolute Gasteiger partial charge is 0.243 e. The van der Waals surface area contributed by atoms with E-state index in [0.29, 0.717) is 13.0 Å². The molecule has 0 fully saturated rings. The number of allylic oxidation sites excluding steroid dienone is 1. The van der Waals surface area contributed by atoms with Gasteiger partial charge in [-0.3, -0.25) is 4.79 Å². The van der Waals surface area contributed by atoms with Gasteiger partial charge in [-0.15, -0.1) is 0 Å². The molecule has 0 unspecified atom stereocenters. The lowest BCUT2D eigenvalue weighted by atomic mass is 10.3. The van der Waals surface area contributed by atoms with Crippen molar-refractivity contribution in [1.29, 1.82) is 0 Å². The van der Waals surface area contributed by atoms with E-state index in [1.165, 1.54) is 6.08 Å². The molecular formula is C8H15NO2. The fraction of sp³-hybridized carbons (Fsp3) is 0.625. The molecule has 0 aromatic heterocycles. The summed E-state index contributed by atoms with van der Waals surface area (Å²) < 4.78 is 0. The summed E-state index contributed by atoms with van der Waals surface area (Å²) in [7, 11) is 0. The first-order valence-corrected chi connectivity index (χ1v) is 3.70. The molecule has 2 N–H and O–H groups in total. The molecule has 0 aromatic carbocycles. The van der Waals surface area contributed by atoms with Crippen LogP contribution >= 0.6 is 0 Å². The normalized spacial score (nSPS) is 9.00. The minimum atomic E-state index is -0.0848. The van der Waals surface area contributed by atoms with E-state index in [1.807, 2.05) is 13.8 Å². The minimum absolute atomic E-state index is 0.0848. The zero-order valence-corrected chi connectivity index (χ0v) is 7.05. The standard InChI is InChI=1S/C8H15NO2/c1-7(2)6-8(11)9-4-3-5-10/h6,10H,3-5H2,1-2H3,(H,9,11). The van der Waals surface area contributed by atoms with Crippen LogP contribution in [0.5, 0.6) is 0 Å². The van der Waals surface area contributed by atoms with E-state index in [4.69, 9.17) is 5.11 Å². The molecule has 0 saturated heterocycles. The van der Waals surface area contributed by atoms with Crippen LogP contribution in [0.25, 0.3) is 0 Å². The number of carbonyl (C=O) groups excluding carboxylic acids is 1. The molecule has 0 aliphatic rings. The van der Waals surface area contributed by atoms with Gasteiger partial charge in [0.05, 0.1) is 0 Å². The van der Waals surface area contributed by atoms with Crippen LogP contribution in [0, 0.1) is 0 Å². The number of rotatable bonds is 4. The molecule has 11 heavy (non-hydrogen) atoms. The van der Waals surface area contributed by atoms with Crippen LogP contribution in [0.15, 0.2) is 11.6 Å². The molecule has 0 heterocycles. The zero-order chi connectivity index (χ0) is 8.69. The third-order valence-corrected chi connectivity index (χ3v) is 1.05. The van der Waals surface area contributed by atoms with Gasteiger partial charge in [-0.25, -0.2) is 0 Å². The van der Waals surface area contributed by atoms with Crippen LogP contribution in [-0.2, 0) is 4.79 Å². The number of hydrogen-bond acceptors (Lipinski definition) is 2. The second-order valence-electron chi connectivity index (χ2n) is 2.59. The Hall–Kier alpha value is -0.830. The molecule has 0 bridgehead atoms. The first-order valence-electron chi connectivity index (χ1n) is 3.70. The maximum absolute atomic E-state index is 10.9. The van der Waals surface area contributed by atoms with E-state index in [9.17, 15) is 4.79 Å². The molecule has 0 rings (SSSR count). The molecule has 0 atom stereocenters. The van der Waals surface area contributed by atoms with Crippen molar-refractivity contribution in [2.75, 3.05) is 13.2 Å². The first-order chi connectivity index (χ1) is 5.16. The molecule has 3 nitrogen and oxygen atoms in total. The Kier molecular flexibility index (Phi) is 5.47. The van der Waals surface area contributed by atoms with Gasteiger partial charge >= 0.3 is 0 Å². The van der Waals surface area contributed by atoms with E-state index in [1.54, 1.807) is 0 Å². The second-order valence-corrected chi connectivity index (χ2v) is 2.59. The highest BCUT2D eigenvalue weighted by molar-refractivity contribution is 5.87. The lowest BCUT2D eigenvalue weighted by Crippen LogP contribution is -2.22. The molecule has 64 valence electrons. The predicted molar refractivity (Wildman–Crippen MR) is 44.1 cm³/mol. The minimum Gasteiger partial charge on any atom is -0.396 e. The number of carbonyl (C=O) groups is 1. The Morgan fingerprint density at radius 2 is 2.18 bits per heavy atom. The third-order valence-electron chi connectivity index (χ3n) is 1.05. The molecule has 0 aliphatic carbocycles. The zero-order valence-electron chi connectivity index (χ0n) is 7.05. The van der Waals surface area contributed by atoms with Gasteiger partial charge in [-0.2, -0.15) is 0 Å². The molecule has 0 spiro atoms. The largest absolute Gasteiger partial charge is 0.396 e. The number of hydrogen-bond donors (Lipinski definition) is 2. The number of aliphatic hydroxyl groups excluding tert-OH is 1. The molecular weight excluding hydrogens is 142 g/mol. The first kappa shape index (κ1) is 10.2. The van der Waals surface area contributed by atoms with Gasteiger partial charge in [0, 0.05) is 19.2 Å². The predicted octanol–water partition coefficient (Wildman–Crippen LogP) is 0.451. The van der Waals surface area contributed by atoms with Crippen molar-refractivity contribution < 1.29 is 9.90 Å². The van der Waals surface area contributed by atoms with Crippen molar-refractivity contribution in [2.24, 2.45) is 0 Å². The van der Waals surface area contributed by atoms with Gasteiger partial charge in [0.1, 0.15) is 0 Å². The van der Waals surface area contributed by atoms with E-state index in [0.717, 1.165) is 5.57 Å². The third kappa shape index (κ3) is 7.06. The van der Waals surface area contributed by atoms with Crippen LogP contribution in [-0.4, -0.2) is 24.2 Å². The summed E-state index contributed by atoms with van der Waals surface area (Å²) >= 11 is 0. The number of aliphatic hydroxyl groups is 1. The SMILES string of the molecule is CC(C)=CC(=O)NCCCO. The summed E-state index contributed by atoms with van der Waals surface area (Å²) in [5.41, 5.74) is 0.978. The highest BCUT2D eigenvalue weighted by Crippen LogP contribution is 1.86. The van der Waals surface area contributed by atoms with E-state index < -0.39 is 0 Å². The Labute approximate surface area is 67.1 Å². The van der Waals surface area contributed by atoms with Crippen molar-refractivity contribution in [1.82, 2.24) is 5.32 Å². The van der Waals surface area contributed by atoms with Crippen molar-refractivity contribution in [3.63, 3.8) is 0 Å². The molecule has 0 radical (unpaired) electrons. The van der Waals surface area contributed by atoms with Crippen LogP contribution in [0.3, 0.4) is 0 Å². The van der Waals surface area contributed by atoms with E-state index in [-0.39, 0.29) is 12.5 Å². The van der Waals surface area contributed by atoms with Crippen LogP contribution in [0.2, 0.25) is 0 Å². The van der Waals surface area contributed by atoms with Gasteiger partial charge < -0.3 is 10.4 Å². The highest BCUT2D eigenvalue weighted by atomic mass is 16.3. The van der Waals surface area contributed by atoms with Gasteiger partial charge in [0.15, 0.2) is 0 Å². The van der Waals surface area contributed by atoms with Crippen molar-refractivity contribution in [3.05, 3.63) is 11.6 Å². The summed E-state index contributed by atoms with van der Waals surface area (Å²) in [5, 5.41) is 11.0. The summed E-state index contributed by atoms with van der Waals surface area (Å²) in [4.78, 5) is 10.9. The van der Waals surface area contributed by atoms with Crippen molar-refractivity contribution in [3.8, 4) is 0 Å². The molecule has 0 aliphatic heterocycles. The maximum Gasteiger partial charge on any atom is 0.243 e. The lowest BCUT2D eigenvalue weighted by molar-refractivity contribution is -0.116. The number of amides is 1. The monoisotopic (exact) mass is 157 g/mol. The second kappa shape index (κ2) is 5.92. The summed E-state index contributed by atoms with van der Waals surface area (Å²) in [5.74, 6) is -0.0848. The highest BCUT2D eigenvalue weighted by Gasteiger charge is 1.93. The van der Waals surface area contributed by atoms with Gasteiger partial charge in [-0.05, 0) is 20.3 Å². The van der Waals surface area contributed by atoms with Crippen molar-refractivity contribution in [2.45, 2.75) is 20.3 Å². The van der Waals surface area contributed by atoms with Crippen LogP contribution in [0.1, 0.15) is 20.3 Å². The van der Waals surface area contributed by atoms with E-state index >= 15 is 0 Å². The lowest BCUT2D eigenvalue weighted by Gasteiger charge is -1.99. The average molecular weight is 157 g/mol. The Morgan fingerprint density at radius 1 is 1.55 bits per heavy atom. The topological polar surface area (TPSA) is 49.3 Å². The summed E-state index contributed by atoms with van der Waals surface area (Å²) in [6.45, 7) is 4.39. The fourth-order valence-electron chi connectivity index (χ4n) is 0.604. The van der Waals surface area contributed by atoms with Gasteiger partial charge in [0.2, 0.25) is 5.91 Å². The maximum atomic E-state index is 10.9. The molecule has 0 aromatic rings. The van der Waals surface area contributed by atoms with E-state index in [2.05, 4.69) is 5.32 Å². The van der Waals surface area contributed by atoms with Gasteiger partial charge in [-0.1, -0.05) is 5.57 Å². The molecule has 3 heteroatoms. The Bertz CT molecular complexity index is 148. The Morgan fingerprint density at radius 3 is 2.64 bits per heavy atom. The quantitative estimate of drug-likeness (QED) is 0.460. The molecule has 1 amide bonds. The summed E-state index contributed by atoms with van der Waals surface area (Å²) in [6.07, 6.45) is 2.15. The van der Waals surface area contributed by atoms with Crippen molar-refractivity contribution >= 4 is 5.91 Å².